The number of amides is 3. The molecular formula is C20H21N3O7S. The van der Waals surface area contributed by atoms with Crippen molar-refractivity contribution >= 4 is 35.2 Å². The molecule has 3 heterocycles. The van der Waals surface area contributed by atoms with E-state index in [2.05, 4.69) is 16.0 Å². The molecule has 0 aromatic carbocycles. The fraction of sp³-hybridized carbons (Fsp3) is 0.300. The topological polar surface area (TPSA) is 136 Å². The Morgan fingerprint density at radius 3 is 2.68 bits per heavy atom. The molecule has 2 aromatic heterocycles. The third-order valence-corrected chi connectivity index (χ3v) is 5.08. The van der Waals surface area contributed by atoms with Crippen LogP contribution in [0.1, 0.15) is 34.2 Å². The summed E-state index contributed by atoms with van der Waals surface area (Å²) in [7, 11) is 0. The van der Waals surface area contributed by atoms with Gasteiger partial charge in [0.05, 0.1) is 22.8 Å². The van der Waals surface area contributed by atoms with Crippen LogP contribution >= 0.6 is 11.3 Å². The number of furan rings is 1. The predicted octanol–water partition coefficient (Wildman–Crippen LogP) is 1.79. The van der Waals surface area contributed by atoms with Crippen LogP contribution in [0.3, 0.4) is 0 Å². The molecule has 10 nitrogen and oxygen atoms in total. The first kappa shape index (κ1) is 22.1. The zero-order valence-corrected chi connectivity index (χ0v) is 17.7. The fourth-order valence-corrected chi connectivity index (χ4v) is 3.49. The fourth-order valence-electron chi connectivity index (χ4n) is 2.85. The zero-order chi connectivity index (χ0) is 22.4. The predicted molar refractivity (Wildman–Crippen MR) is 109 cm³/mol. The number of hydrogen-bond acceptors (Lipinski definition) is 8. The van der Waals surface area contributed by atoms with Crippen molar-refractivity contribution in [3.8, 4) is 0 Å². The van der Waals surface area contributed by atoms with E-state index in [4.69, 9.17) is 13.9 Å². The van der Waals surface area contributed by atoms with Crippen molar-refractivity contribution in [1.82, 2.24) is 16.0 Å². The Labute approximate surface area is 181 Å². The maximum absolute atomic E-state index is 12.6. The molecule has 0 saturated carbocycles. The summed E-state index contributed by atoms with van der Waals surface area (Å²) in [6.45, 7) is 2.72. The molecule has 0 fully saturated rings. The van der Waals surface area contributed by atoms with Crippen molar-refractivity contribution in [2.45, 2.75) is 19.9 Å². The van der Waals surface area contributed by atoms with Crippen LogP contribution in [0, 0.1) is 6.92 Å². The number of aryl methyl sites for hydroxylation is 1. The maximum atomic E-state index is 12.6. The van der Waals surface area contributed by atoms with Crippen LogP contribution in [0.25, 0.3) is 0 Å². The van der Waals surface area contributed by atoms with Crippen LogP contribution in [-0.2, 0) is 19.1 Å². The molecule has 3 amide bonds. The molecule has 0 unspecified atom stereocenters. The normalized spacial score (nSPS) is 15.7. The van der Waals surface area contributed by atoms with Gasteiger partial charge in [-0.3, -0.25) is 9.59 Å². The maximum Gasteiger partial charge on any atom is 0.338 e. The molecule has 11 heteroatoms. The van der Waals surface area contributed by atoms with E-state index in [1.54, 1.807) is 43.5 Å². The Morgan fingerprint density at radius 2 is 2.03 bits per heavy atom. The lowest BCUT2D eigenvalue weighted by Crippen LogP contribution is -2.47. The van der Waals surface area contributed by atoms with Gasteiger partial charge < -0.3 is 29.8 Å². The number of nitrogens with one attached hydrogen (secondary N) is 3. The minimum atomic E-state index is -0.909. The lowest BCUT2D eigenvalue weighted by atomic mass is 10.0. The van der Waals surface area contributed by atoms with Gasteiger partial charge in [-0.1, -0.05) is 6.07 Å². The first-order valence-corrected chi connectivity index (χ1v) is 10.3. The van der Waals surface area contributed by atoms with Gasteiger partial charge in [0.25, 0.3) is 5.91 Å². The van der Waals surface area contributed by atoms with E-state index in [1.165, 1.54) is 11.3 Å². The second kappa shape index (κ2) is 9.94. The van der Waals surface area contributed by atoms with Crippen molar-refractivity contribution < 1.29 is 33.1 Å². The third kappa shape index (κ3) is 5.51. The van der Waals surface area contributed by atoms with Crippen molar-refractivity contribution in [1.29, 1.82) is 0 Å². The zero-order valence-electron chi connectivity index (χ0n) is 16.9. The third-order valence-electron chi connectivity index (χ3n) is 4.21. The summed E-state index contributed by atoms with van der Waals surface area (Å²) in [6, 6.07) is 5.18. The molecule has 1 aliphatic rings. The molecule has 3 N–H and O–H groups in total. The summed E-state index contributed by atoms with van der Waals surface area (Å²) in [5, 5.41) is 9.28. The largest absolute Gasteiger partial charge is 0.464 e. The summed E-state index contributed by atoms with van der Waals surface area (Å²) in [5.74, 6) is -0.894. The molecule has 0 saturated heterocycles. The molecule has 3 rings (SSSR count). The molecule has 1 aliphatic heterocycles. The molecule has 164 valence electrons. The van der Waals surface area contributed by atoms with Crippen LogP contribution in [0.5, 0.6) is 0 Å². The van der Waals surface area contributed by atoms with E-state index in [0.717, 1.165) is 0 Å². The van der Waals surface area contributed by atoms with Crippen LogP contribution in [-0.4, -0.2) is 43.6 Å². The smallest absolute Gasteiger partial charge is 0.338 e. The van der Waals surface area contributed by atoms with E-state index in [-0.39, 0.29) is 24.4 Å². The summed E-state index contributed by atoms with van der Waals surface area (Å²) in [5.41, 5.74) is 0.130. The van der Waals surface area contributed by atoms with E-state index in [0.29, 0.717) is 16.4 Å². The van der Waals surface area contributed by atoms with Crippen molar-refractivity contribution in [3.63, 3.8) is 0 Å². The van der Waals surface area contributed by atoms with Gasteiger partial charge in [0.15, 0.2) is 0 Å². The van der Waals surface area contributed by atoms with Gasteiger partial charge in [-0.15, -0.1) is 11.3 Å². The Kier molecular flexibility index (Phi) is 7.08. The second-order valence-corrected chi connectivity index (χ2v) is 7.36. The van der Waals surface area contributed by atoms with Gasteiger partial charge in [0.2, 0.25) is 0 Å². The first-order chi connectivity index (χ1) is 14.9. The van der Waals surface area contributed by atoms with Gasteiger partial charge in [-0.05, 0) is 37.4 Å². The minimum Gasteiger partial charge on any atom is -0.464 e. The first-order valence-electron chi connectivity index (χ1n) is 9.40. The molecule has 0 bridgehead atoms. The lowest BCUT2D eigenvalue weighted by molar-refractivity contribution is -0.142. The van der Waals surface area contributed by atoms with E-state index >= 15 is 0 Å². The minimum absolute atomic E-state index is 0.0613. The Balaban J connectivity index is 1.73. The number of carbonyl (C=O) groups is 4. The molecule has 1 atom stereocenters. The van der Waals surface area contributed by atoms with Gasteiger partial charge in [0, 0.05) is 0 Å². The molecule has 31 heavy (non-hydrogen) atoms. The number of ether oxygens (including phenoxy) is 2. The molecule has 2 aromatic rings. The summed E-state index contributed by atoms with van der Waals surface area (Å²) in [6.07, 6.45) is 0. The second-order valence-electron chi connectivity index (χ2n) is 6.41. The standard InChI is InChI=1S/C20H21N3O7S/c1-3-28-19(26)16-12(22-20(27)23-17(16)13-7-6-11(2)30-13)10-29-15(24)9-21-18(25)14-5-4-8-31-14/h4-8,17H,3,9-10H2,1-2H3,(H,21,25)(H2,22,23,27)/t17-/m1/s1. The number of hydrogen-bond donors (Lipinski definition) is 3. The molecule has 0 aliphatic carbocycles. The van der Waals surface area contributed by atoms with Gasteiger partial charge in [-0.25, -0.2) is 9.59 Å². The Hall–Kier alpha value is -3.60. The lowest BCUT2D eigenvalue weighted by Gasteiger charge is -2.27. The highest BCUT2D eigenvalue weighted by atomic mass is 32.1. The highest BCUT2D eigenvalue weighted by Gasteiger charge is 2.36. The van der Waals surface area contributed by atoms with E-state index in [9.17, 15) is 19.2 Å². The average Bonchev–Trinajstić information content (AvgIpc) is 3.42. The molecular weight excluding hydrogens is 426 g/mol. The van der Waals surface area contributed by atoms with Gasteiger partial charge in [-0.2, -0.15) is 0 Å². The molecule has 0 spiro atoms. The number of rotatable bonds is 8. The summed E-state index contributed by atoms with van der Waals surface area (Å²) < 4.78 is 15.8. The number of urea groups is 1. The van der Waals surface area contributed by atoms with Crippen molar-refractivity contribution in [2.75, 3.05) is 19.8 Å². The molecule has 0 radical (unpaired) electrons. The van der Waals surface area contributed by atoms with Crippen LogP contribution < -0.4 is 16.0 Å². The van der Waals surface area contributed by atoms with E-state index in [1.807, 2.05) is 0 Å². The summed E-state index contributed by atoms with van der Waals surface area (Å²) >= 11 is 1.24. The van der Waals surface area contributed by atoms with Crippen LogP contribution in [0.2, 0.25) is 0 Å². The van der Waals surface area contributed by atoms with Crippen LogP contribution in [0.15, 0.2) is 45.3 Å². The highest BCUT2D eigenvalue weighted by Crippen LogP contribution is 2.29. The Morgan fingerprint density at radius 1 is 1.23 bits per heavy atom. The SMILES string of the molecule is CCOC(=O)C1=C(COC(=O)CNC(=O)c2cccs2)NC(=O)N[C@@H]1c1ccc(C)o1. The summed E-state index contributed by atoms with van der Waals surface area (Å²) in [4.78, 5) is 49.2. The van der Waals surface area contributed by atoms with Crippen LogP contribution in [0.4, 0.5) is 4.79 Å². The quantitative estimate of drug-likeness (QED) is 0.525. The van der Waals surface area contributed by atoms with Gasteiger partial charge in [0.1, 0.15) is 30.7 Å². The Bertz CT molecular complexity index is 1010. The average molecular weight is 447 g/mol. The number of carbonyl (C=O) groups excluding carboxylic acids is 4. The van der Waals surface area contributed by atoms with Crippen molar-refractivity contribution in [3.05, 3.63) is 57.3 Å². The van der Waals surface area contributed by atoms with Crippen molar-refractivity contribution in [2.24, 2.45) is 0 Å². The number of thiophene rings is 1. The van der Waals surface area contributed by atoms with Gasteiger partial charge >= 0.3 is 18.0 Å². The monoisotopic (exact) mass is 447 g/mol. The number of esters is 2. The highest BCUT2D eigenvalue weighted by molar-refractivity contribution is 7.12. The van der Waals surface area contributed by atoms with E-state index < -0.39 is 36.5 Å².